The average molecular weight is 228 g/mol. The number of hydrogen-bond acceptors (Lipinski definition) is 5. The third kappa shape index (κ3) is 2.08. The van der Waals surface area contributed by atoms with Gasteiger partial charge in [0.1, 0.15) is 5.78 Å². The topological polar surface area (TPSA) is 69.7 Å². The van der Waals surface area contributed by atoms with E-state index in [9.17, 15) is 14.4 Å². The molecule has 0 saturated heterocycles. The fraction of sp³-hybridized carbons (Fsp3) is 0.727. The van der Waals surface area contributed by atoms with Crippen molar-refractivity contribution in [1.29, 1.82) is 0 Å². The van der Waals surface area contributed by atoms with Crippen LogP contribution in [0.1, 0.15) is 26.2 Å². The highest BCUT2D eigenvalue weighted by Crippen LogP contribution is 2.56. The zero-order chi connectivity index (χ0) is 12.3. The van der Waals surface area contributed by atoms with Crippen LogP contribution in [0.4, 0.5) is 0 Å². The number of carbonyl (C=O) groups is 3. The SMILES string of the molecule is COC(=O)C1(C(=O)OC)CC1CCC(C)=O. The summed E-state index contributed by atoms with van der Waals surface area (Å²) < 4.78 is 9.23. The second-order valence-corrected chi connectivity index (χ2v) is 4.10. The van der Waals surface area contributed by atoms with Gasteiger partial charge < -0.3 is 14.3 Å². The smallest absolute Gasteiger partial charge is 0.323 e. The van der Waals surface area contributed by atoms with Crippen LogP contribution in [0.5, 0.6) is 0 Å². The number of Topliss-reactive ketones (excluding diaryl/α,β-unsaturated/α-hetero) is 1. The lowest BCUT2D eigenvalue weighted by molar-refractivity contribution is -0.162. The Morgan fingerprint density at radius 1 is 1.19 bits per heavy atom. The summed E-state index contributed by atoms with van der Waals surface area (Å²) in [6.07, 6.45) is 1.32. The van der Waals surface area contributed by atoms with Gasteiger partial charge in [-0.15, -0.1) is 0 Å². The molecule has 0 amide bonds. The molecule has 5 heteroatoms. The summed E-state index contributed by atoms with van der Waals surface area (Å²) in [6.45, 7) is 1.49. The van der Waals surface area contributed by atoms with E-state index in [4.69, 9.17) is 0 Å². The molecule has 0 aromatic heterocycles. The molecule has 0 spiro atoms. The second kappa shape index (κ2) is 4.63. The lowest BCUT2D eigenvalue weighted by Gasteiger charge is -2.11. The van der Waals surface area contributed by atoms with Gasteiger partial charge in [0, 0.05) is 6.42 Å². The van der Waals surface area contributed by atoms with Gasteiger partial charge >= 0.3 is 11.9 Å². The van der Waals surface area contributed by atoms with Gasteiger partial charge in [-0.05, 0) is 25.7 Å². The molecule has 1 unspecified atom stereocenters. The predicted octanol–water partition coefficient (Wildman–Crippen LogP) is 0.708. The van der Waals surface area contributed by atoms with Gasteiger partial charge in [0.15, 0.2) is 5.41 Å². The first-order valence-electron chi connectivity index (χ1n) is 5.15. The van der Waals surface area contributed by atoms with Gasteiger partial charge in [-0.3, -0.25) is 9.59 Å². The fourth-order valence-corrected chi connectivity index (χ4v) is 2.00. The third-order valence-electron chi connectivity index (χ3n) is 3.05. The van der Waals surface area contributed by atoms with E-state index in [1.807, 2.05) is 0 Å². The molecule has 0 radical (unpaired) electrons. The Labute approximate surface area is 94.1 Å². The number of ether oxygens (including phenoxy) is 2. The fourth-order valence-electron chi connectivity index (χ4n) is 2.00. The van der Waals surface area contributed by atoms with E-state index in [0.717, 1.165) is 0 Å². The summed E-state index contributed by atoms with van der Waals surface area (Å²) in [5.74, 6) is -1.20. The monoisotopic (exact) mass is 228 g/mol. The van der Waals surface area contributed by atoms with Gasteiger partial charge in [0.2, 0.25) is 0 Å². The molecule has 0 aromatic carbocycles. The van der Waals surface area contributed by atoms with Gasteiger partial charge in [-0.1, -0.05) is 0 Å². The van der Waals surface area contributed by atoms with Crippen LogP contribution in [0.2, 0.25) is 0 Å². The van der Waals surface area contributed by atoms with Gasteiger partial charge in [-0.25, -0.2) is 0 Å². The first kappa shape index (κ1) is 12.7. The van der Waals surface area contributed by atoms with Crippen LogP contribution in [-0.2, 0) is 23.9 Å². The normalized spacial score (nSPS) is 21.1. The number of esters is 2. The van der Waals surface area contributed by atoms with E-state index < -0.39 is 17.4 Å². The van der Waals surface area contributed by atoms with E-state index in [-0.39, 0.29) is 11.7 Å². The molecule has 5 nitrogen and oxygen atoms in total. The summed E-state index contributed by atoms with van der Waals surface area (Å²) in [5, 5.41) is 0. The largest absolute Gasteiger partial charge is 0.468 e. The molecule has 1 saturated carbocycles. The minimum Gasteiger partial charge on any atom is -0.468 e. The van der Waals surface area contributed by atoms with Crippen molar-refractivity contribution in [3.8, 4) is 0 Å². The Morgan fingerprint density at radius 2 is 1.69 bits per heavy atom. The molecule has 0 bridgehead atoms. The zero-order valence-electron chi connectivity index (χ0n) is 9.74. The van der Waals surface area contributed by atoms with Crippen molar-refractivity contribution < 1.29 is 23.9 Å². The average Bonchev–Trinajstić information content (AvgIpc) is 2.99. The number of methoxy groups -OCH3 is 2. The molecule has 0 heterocycles. The van der Waals surface area contributed by atoms with Crippen molar-refractivity contribution in [2.24, 2.45) is 11.3 Å². The van der Waals surface area contributed by atoms with Crippen LogP contribution < -0.4 is 0 Å². The molecule has 1 aliphatic carbocycles. The summed E-state index contributed by atoms with van der Waals surface area (Å²) >= 11 is 0. The molecular weight excluding hydrogens is 212 g/mol. The van der Waals surface area contributed by atoms with Crippen LogP contribution in [-0.4, -0.2) is 31.9 Å². The lowest BCUT2D eigenvalue weighted by Crippen LogP contribution is -2.30. The summed E-state index contributed by atoms with van der Waals surface area (Å²) in [6, 6.07) is 0. The molecule has 1 atom stereocenters. The Morgan fingerprint density at radius 3 is 2.06 bits per heavy atom. The highest BCUT2D eigenvalue weighted by molar-refractivity contribution is 6.03. The minimum absolute atomic E-state index is 0.0514. The van der Waals surface area contributed by atoms with Crippen LogP contribution in [0.3, 0.4) is 0 Å². The highest BCUT2D eigenvalue weighted by Gasteiger charge is 2.67. The number of rotatable bonds is 5. The van der Waals surface area contributed by atoms with E-state index in [1.165, 1.54) is 21.1 Å². The summed E-state index contributed by atoms with van der Waals surface area (Å²) in [7, 11) is 2.49. The molecule has 1 rings (SSSR count). The standard InChI is InChI=1S/C11H16O5/c1-7(12)4-5-8-6-11(8,9(13)15-2)10(14)16-3/h8H,4-6H2,1-3H3. The zero-order valence-corrected chi connectivity index (χ0v) is 9.74. The molecule has 0 aliphatic heterocycles. The van der Waals surface area contributed by atoms with E-state index in [2.05, 4.69) is 9.47 Å². The number of ketones is 1. The molecule has 1 aliphatic rings. The Balaban J connectivity index is 2.68. The second-order valence-electron chi connectivity index (χ2n) is 4.10. The number of carbonyl (C=O) groups excluding carboxylic acids is 3. The van der Waals surface area contributed by atoms with E-state index >= 15 is 0 Å². The maximum absolute atomic E-state index is 11.5. The Hall–Kier alpha value is -1.39. The maximum Gasteiger partial charge on any atom is 0.323 e. The molecule has 0 aromatic rings. The maximum atomic E-state index is 11.5. The Kier molecular flexibility index (Phi) is 3.67. The van der Waals surface area contributed by atoms with Crippen LogP contribution >= 0.6 is 0 Å². The Bertz CT molecular complexity index is 304. The van der Waals surface area contributed by atoms with Crippen molar-refractivity contribution in [2.45, 2.75) is 26.2 Å². The van der Waals surface area contributed by atoms with Crippen molar-refractivity contribution in [3.63, 3.8) is 0 Å². The predicted molar refractivity (Wildman–Crippen MR) is 54.5 cm³/mol. The number of hydrogen-bond donors (Lipinski definition) is 0. The van der Waals surface area contributed by atoms with E-state index in [1.54, 1.807) is 0 Å². The summed E-state index contributed by atoms with van der Waals surface area (Å²) in [4.78, 5) is 33.9. The van der Waals surface area contributed by atoms with E-state index in [0.29, 0.717) is 19.3 Å². The molecule has 0 N–H and O–H groups in total. The molecular formula is C11H16O5. The van der Waals surface area contributed by atoms with Crippen LogP contribution in [0.25, 0.3) is 0 Å². The first-order chi connectivity index (χ1) is 7.48. The summed E-state index contributed by atoms with van der Waals surface area (Å²) in [5.41, 5.74) is -1.15. The van der Waals surface area contributed by atoms with Crippen molar-refractivity contribution >= 4 is 17.7 Å². The van der Waals surface area contributed by atoms with Crippen molar-refractivity contribution in [2.75, 3.05) is 14.2 Å². The van der Waals surface area contributed by atoms with Crippen molar-refractivity contribution in [3.05, 3.63) is 0 Å². The van der Waals surface area contributed by atoms with Gasteiger partial charge in [0.25, 0.3) is 0 Å². The molecule has 90 valence electrons. The minimum atomic E-state index is -1.15. The molecule has 1 fully saturated rings. The van der Waals surface area contributed by atoms with Crippen LogP contribution in [0.15, 0.2) is 0 Å². The third-order valence-corrected chi connectivity index (χ3v) is 3.05. The van der Waals surface area contributed by atoms with Gasteiger partial charge in [0.05, 0.1) is 14.2 Å². The first-order valence-corrected chi connectivity index (χ1v) is 5.15. The quantitative estimate of drug-likeness (QED) is 0.512. The highest BCUT2D eigenvalue weighted by atomic mass is 16.5. The lowest BCUT2D eigenvalue weighted by atomic mass is 10.0. The van der Waals surface area contributed by atoms with Gasteiger partial charge in [-0.2, -0.15) is 0 Å². The molecule has 16 heavy (non-hydrogen) atoms. The van der Waals surface area contributed by atoms with Crippen LogP contribution in [0, 0.1) is 11.3 Å². The van der Waals surface area contributed by atoms with Crippen molar-refractivity contribution in [1.82, 2.24) is 0 Å².